The predicted octanol–water partition coefficient (Wildman–Crippen LogP) is 0.390. The van der Waals surface area contributed by atoms with E-state index in [0.717, 1.165) is 15.9 Å². The second-order valence-electron chi connectivity index (χ2n) is 5.79. The Labute approximate surface area is 163 Å². The Balaban J connectivity index is 2.38. The highest BCUT2D eigenvalue weighted by Crippen LogP contribution is 2.33. The first-order chi connectivity index (χ1) is 13.2. The number of anilines is 1. The maximum Gasteiger partial charge on any atom is 0.341 e. The van der Waals surface area contributed by atoms with Crippen LogP contribution in [0.1, 0.15) is 38.2 Å². The summed E-state index contributed by atoms with van der Waals surface area (Å²) >= 11 is 0.905. The number of hydrogen-bond acceptors (Lipinski definition) is 7. The number of hydrogen-bond donors (Lipinski definition) is 3. The first-order valence-corrected chi connectivity index (χ1v) is 9.14. The summed E-state index contributed by atoms with van der Waals surface area (Å²) in [6.45, 7) is 4.31. The summed E-state index contributed by atoms with van der Waals surface area (Å²) in [5.74, 6) is -1.81. The Hall–Kier alpha value is -3.21. The van der Waals surface area contributed by atoms with E-state index < -0.39 is 35.6 Å². The molecule has 2 amide bonds. The number of nitrogens with one attached hydrogen (secondary N) is 3. The molecule has 0 saturated carbocycles. The maximum atomic E-state index is 12.4. The van der Waals surface area contributed by atoms with E-state index in [1.165, 1.54) is 13.1 Å². The van der Waals surface area contributed by atoms with Gasteiger partial charge in [0.1, 0.15) is 11.5 Å². The van der Waals surface area contributed by atoms with Gasteiger partial charge in [-0.25, -0.2) is 9.59 Å². The second kappa shape index (κ2) is 8.65. The van der Waals surface area contributed by atoms with Crippen LogP contribution >= 0.6 is 11.3 Å². The van der Waals surface area contributed by atoms with Crippen molar-refractivity contribution in [2.24, 2.45) is 0 Å². The Bertz CT molecular complexity index is 1020. The number of nitrogens with zero attached hydrogens (tertiary/aromatic N) is 1. The van der Waals surface area contributed by atoms with Crippen molar-refractivity contribution in [1.82, 2.24) is 14.9 Å². The molecule has 10 nitrogen and oxygen atoms in total. The number of thiophene rings is 1. The summed E-state index contributed by atoms with van der Waals surface area (Å²) < 4.78 is 5.73. The van der Waals surface area contributed by atoms with Crippen molar-refractivity contribution >= 4 is 34.1 Å². The van der Waals surface area contributed by atoms with E-state index in [-0.39, 0.29) is 22.0 Å². The van der Waals surface area contributed by atoms with E-state index in [0.29, 0.717) is 11.3 Å². The van der Waals surface area contributed by atoms with Crippen LogP contribution in [0.5, 0.6) is 0 Å². The van der Waals surface area contributed by atoms with Gasteiger partial charge in [0.15, 0.2) is 0 Å². The van der Waals surface area contributed by atoms with Crippen molar-refractivity contribution in [2.45, 2.75) is 27.3 Å². The fourth-order valence-corrected chi connectivity index (χ4v) is 3.63. The number of esters is 1. The summed E-state index contributed by atoms with van der Waals surface area (Å²) in [6, 6.07) is 1.19. The van der Waals surface area contributed by atoms with E-state index in [1.807, 2.05) is 0 Å². The molecule has 0 radical (unpaired) electrons. The molecule has 28 heavy (non-hydrogen) atoms. The molecule has 0 aliphatic rings. The van der Waals surface area contributed by atoms with E-state index in [2.05, 4.69) is 15.6 Å². The molecule has 0 bridgehead atoms. The molecule has 0 aromatic carbocycles. The van der Waals surface area contributed by atoms with Crippen LogP contribution in [0.3, 0.4) is 0 Å². The third-order valence-electron chi connectivity index (χ3n) is 3.77. The molecule has 0 aliphatic carbocycles. The largest absolute Gasteiger partial charge is 0.462 e. The van der Waals surface area contributed by atoms with Gasteiger partial charge < -0.3 is 20.4 Å². The van der Waals surface area contributed by atoms with Crippen LogP contribution in [0.2, 0.25) is 0 Å². The average molecular weight is 408 g/mol. The standard InChI is InChI=1S/C17H20N4O6S/c1-5-27-16(25)12-9(3)13(14(24)18-4)28-15(12)20-10(22)7-21-11(23)6-8(2)19-17(21)26/h6H,5,7H2,1-4H3,(H,18,24)(H,19,26)(H,20,22). The predicted molar refractivity (Wildman–Crippen MR) is 103 cm³/mol. The molecule has 11 heteroatoms. The number of H-pyrrole nitrogens is 1. The number of ether oxygens (including phenoxy) is 1. The molecule has 3 N–H and O–H groups in total. The number of carbonyl (C=O) groups excluding carboxylic acids is 3. The SMILES string of the molecule is CCOC(=O)c1c(NC(=O)Cn2c(=O)cc(C)[nH]c2=O)sc(C(=O)NC)c1C. The van der Waals surface area contributed by atoms with Gasteiger partial charge in [0.05, 0.1) is 17.0 Å². The van der Waals surface area contributed by atoms with Crippen molar-refractivity contribution in [1.29, 1.82) is 0 Å². The molecule has 0 atom stereocenters. The molecule has 0 aliphatic heterocycles. The van der Waals surface area contributed by atoms with Crippen LogP contribution in [-0.4, -0.2) is 41.0 Å². The first-order valence-electron chi connectivity index (χ1n) is 8.32. The lowest BCUT2D eigenvalue weighted by Crippen LogP contribution is -2.38. The monoisotopic (exact) mass is 408 g/mol. The van der Waals surface area contributed by atoms with Gasteiger partial charge in [0.2, 0.25) is 5.91 Å². The molecule has 0 unspecified atom stereocenters. The highest BCUT2D eigenvalue weighted by Gasteiger charge is 2.26. The molecular weight excluding hydrogens is 388 g/mol. The van der Waals surface area contributed by atoms with Crippen molar-refractivity contribution in [3.8, 4) is 0 Å². The summed E-state index contributed by atoms with van der Waals surface area (Å²) in [5, 5.41) is 5.06. The zero-order chi connectivity index (χ0) is 21.0. The molecule has 2 aromatic rings. The van der Waals surface area contributed by atoms with Crippen LogP contribution < -0.4 is 21.9 Å². The van der Waals surface area contributed by atoms with Crippen molar-refractivity contribution < 1.29 is 19.1 Å². The van der Waals surface area contributed by atoms with Gasteiger partial charge in [0.25, 0.3) is 11.5 Å². The van der Waals surface area contributed by atoms with Crippen molar-refractivity contribution in [2.75, 3.05) is 19.0 Å². The molecule has 0 saturated heterocycles. The minimum absolute atomic E-state index is 0.0592. The lowest BCUT2D eigenvalue weighted by atomic mass is 10.1. The van der Waals surface area contributed by atoms with Crippen molar-refractivity contribution in [3.05, 3.63) is 48.6 Å². The maximum absolute atomic E-state index is 12.4. The summed E-state index contributed by atoms with van der Waals surface area (Å²) in [7, 11) is 1.44. The molecule has 0 spiro atoms. The average Bonchev–Trinajstić information content (AvgIpc) is 2.93. The Kier molecular flexibility index (Phi) is 6.52. The highest BCUT2D eigenvalue weighted by molar-refractivity contribution is 7.18. The fraction of sp³-hybridized carbons (Fsp3) is 0.353. The van der Waals surface area contributed by atoms with Crippen molar-refractivity contribution in [3.63, 3.8) is 0 Å². The van der Waals surface area contributed by atoms with Crippen LogP contribution in [0.25, 0.3) is 0 Å². The molecule has 0 fully saturated rings. The topological polar surface area (TPSA) is 139 Å². The number of aromatic nitrogens is 2. The van der Waals surface area contributed by atoms with E-state index in [1.54, 1.807) is 20.8 Å². The van der Waals surface area contributed by atoms with Gasteiger partial charge in [-0.1, -0.05) is 0 Å². The quantitative estimate of drug-likeness (QED) is 0.591. The van der Waals surface area contributed by atoms with E-state index in [9.17, 15) is 24.0 Å². The summed E-state index contributed by atoms with van der Waals surface area (Å²) in [6.07, 6.45) is 0. The van der Waals surface area contributed by atoms with Gasteiger partial charge in [-0.3, -0.25) is 19.0 Å². The molecule has 2 aromatic heterocycles. The van der Waals surface area contributed by atoms with Crippen LogP contribution in [0.15, 0.2) is 15.7 Å². The zero-order valence-electron chi connectivity index (χ0n) is 15.8. The molecule has 2 heterocycles. The lowest BCUT2D eigenvalue weighted by Gasteiger charge is -2.08. The number of rotatable bonds is 6. The Morgan fingerprint density at radius 2 is 1.93 bits per heavy atom. The number of carbonyl (C=O) groups is 3. The number of amides is 2. The summed E-state index contributed by atoms with van der Waals surface area (Å²) in [4.78, 5) is 63.2. The minimum atomic E-state index is -0.723. The second-order valence-corrected chi connectivity index (χ2v) is 6.81. The highest BCUT2D eigenvalue weighted by atomic mass is 32.1. The Morgan fingerprint density at radius 3 is 2.50 bits per heavy atom. The van der Waals surface area contributed by atoms with Gasteiger partial charge >= 0.3 is 11.7 Å². The third-order valence-corrected chi connectivity index (χ3v) is 4.98. The zero-order valence-corrected chi connectivity index (χ0v) is 16.6. The molecule has 150 valence electrons. The van der Waals surface area contributed by atoms with Crippen LogP contribution in [0.4, 0.5) is 5.00 Å². The first kappa shape index (κ1) is 21.1. The lowest BCUT2D eigenvalue weighted by molar-refractivity contribution is -0.116. The van der Waals surface area contributed by atoms with E-state index >= 15 is 0 Å². The number of aromatic amines is 1. The minimum Gasteiger partial charge on any atom is -0.462 e. The fourth-order valence-electron chi connectivity index (χ4n) is 2.48. The normalized spacial score (nSPS) is 10.4. The smallest absolute Gasteiger partial charge is 0.341 e. The van der Waals surface area contributed by atoms with Crippen LogP contribution in [-0.2, 0) is 16.1 Å². The third kappa shape index (κ3) is 4.36. The van der Waals surface area contributed by atoms with Crippen LogP contribution in [0, 0.1) is 13.8 Å². The molecule has 2 rings (SSSR count). The summed E-state index contributed by atoms with van der Waals surface area (Å²) in [5.41, 5.74) is -0.553. The van der Waals surface area contributed by atoms with Gasteiger partial charge in [-0.15, -0.1) is 11.3 Å². The van der Waals surface area contributed by atoms with Gasteiger partial charge in [-0.2, -0.15) is 0 Å². The Morgan fingerprint density at radius 1 is 1.25 bits per heavy atom. The number of aryl methyl sites for hydroxylation is 1. The van der Waals surface area contributed by atoms with E-state index in [4.69, 9.17) is 4.74 Å². The molecular formula is C17H20N4O6S. The van der Waals surface area contributed by atoms with Gasteiger partial charge in [0, 0.05) is 18.8 Å². The van der Waals surface area contributed by atoms with Gasteiger partial charge in [-0.05, 0) is 26.3 Å².